The number of hydrogen-bond acceptors (Lipinski definition) is 3. The van der Waals surface area contributed by atoms with Crippen LogP contribution in [0, 0.1) is 17.8 Å². The van der Waals surface area contributed by atoms with Crippen LogP contribution in [0.4, 0.5) is 5.69 Å². The Morgan fingerprint density at radius 3 is 2.30 bits per heavy atom. The number of anilines is 1. The van der Waals surface area contributed by atoms with Crippen molar-refractivity contribution in [1.29, 1.82) is 0 Å². The standard InChI is InChI=1S/C29H38N2O2/c1-2-3-6-26(15-20-5-4-7-27(32)16-20)30-28(33)24-8-10-25(11-9-24)31-29-17-21-12-22(18-29)14-23(13-21)19-29/h4-5,7-11,16,21-23,26,31-32H,2-3,6,12-15,17-19H2,1H3,(H,30,33)/t21?,22?,23?,26-,29?/m0/s1. The molecule has 0 spiro atoms. The van der Waals surface area contributed by atoms with Gasteiger partial charge in [0.1, 0.15) is 5.75 Å². The van der Waals surface area contributed by atoms with Gasteiger partial charge in [0.2, 0.25) is 0 Å². The number of hydrogen-bond donors (Lipinski definition) is 3. The first-order chi connectivity index (χ1) is 16.0. The molecule has 0 heterocycles. The molecule has 33 heavy (non-hydrogen) atoms. The third-order valence-electron chi connectivity index (χ3n) is 8.23. The molecule has 4 aliphatic rings. The summed E-state index contributed by atoms with van der Waals surface area (Å²) < 4.78 is 0. The van der Waals surface area contributed by atoms with Crippen LogP contribution in [-0.4, -0.2) is 22.6 Å². The lowest BCUT2D eigenvalue weighted by Crippen LogP contribution is -2.54. The highest BCUT2D eigenvalue weighted by molar-refractivity contribution is 5.94. The lowest BCUT2D eigenvalue weighted by Gasteiger charge is -2.57. The largest absolute Gasteiger partial charge is 0.508 e. The van der Waals surface area contributed by atoms with Gasteiger partial charge in [-0.05, 0) is 111 Å². The van der Waals surface area contributed by atoms with Crippen molar-refractivity contribution in [3.8, 4) is 5.75 Å². The van der Waals surface area contributed by atoms with Crippen molar-refractivity contribution in [3.63, 3.8) is 0 Å². The maximum Gasteiger partial charge on any atom is 0.251 e. The zero-order valence-electron chi connectivity index (χ0n) is 19.9. The number of nitrogens with one attached hydrogen (secondary N) is 2. The molecular weight excluding hydrogens is 408 g/mol. The van der Waals surface area contributed by atoms with Crippen LogP contribution in [0.1, 0.15) is 80.6 Å². The number of benzene rings is 2. The van der Waals surface area contributed by atoms with Gasteiger partial charge in [-0.3, -0.25) is 4.79 Å². The molecular formula is C29H38N2O2. The summed E-state index contributed by atoms with van der Waals surface area (Å²) in [6.45, 7) is 2.17. The zero-order valence-corrected chi connectivity index (χ0v) is 19.9. The summed E-state index contributed by atoms with van der Waals surface area (Å²) >= 11 is 0. The van der Waals surface area contributed by atoms with Gasteiger partial charge in [0.15, 0.2) is 0 Å². The molecule has 2 aromatic rings. The second kappa shape index (κ2) is 9.40. The van der Waals surface area contributed by atoms with Gasteiger partial charge < -0.3 is 15.7 Å². The van der Waals surface area contributed by atoms with E-state index < -0.39 is 0 Å². The van der Waals surface area contributed by atoms with E-state index >= 15 is 0 Å². The molecule has 0 radical (unpaired) electrons. The van der Waals surface area contributed by atoms with Gasteiger partial charge in [0, 0.05) is 22.8 Å². The fourth-order valence-corrected chi connectivity index (χ4v) is 7.19. The van der Waals surface area contributed by atoms with E-state index in [4.69, 9.17) is 0 Å². The van der Waals surface area contributed by atoms with E-state index in [1.54, 1.807) is 12.1 Å². The Labute approximate surface area is 198 Å². The van der Waals surface area contributed by atoms with Gasteiger partial charge in [-0.15, -0.1) is 0 Å². The maximum absolute atomic E-state index is 13.0. The predicted molar refractivity (Wildman–Crippen MR) is 134 cm³/mol. The van der Waals surface area contributed by atoms with Crippen LogP contribution in [0.2, 0.25) is 0 Å². The van der Waals surface area contributed by atoms with Crippen molar-refractivity contribution in [1.82, 2.24) is 5.32 Å². The summed E-state index contributed by atoms with van der Waals surface area (Å²) in [5.41, 5.74) is 3.19. The van der Waals surface area contributed by atoms with Gasteiger partial charge >= 0.3 is 0 Å². The van der Waals surface area contributed by atoms with Crippen molar-refractivity contribution in [2.75, 3.05) is 5.32 Å². The fraction of sp³-hybridized carbons (Fsp3) is 0.552. The Balaban J connectivity index is 1.22. The molecule has 6 rings (SSSR count). The van der Waals surface area contributed by atoms with Gasteiger partial charge in [-0.1, -0.05) is 31.9 Å². The molecule has 4 fully saturated rings. The van der Waals surface area contributed by atoms with Gasteiger partial charge in [-0.25, -0.2) is 0 Å². The highest BCUT2D eigenvalue weighted by Gasteiger charge is 2.50. The summed E-state index contributed by atoms with van der Waals surface area (Å²) in [4.78, 5) is 13.0. The number of phenols is 1. The van der Waals surface area contributed by atoms with Crippen LogP contribution in [0.15, 0.2) is 48.5 Å². The number of carbonyl (C=O) groups is 1. The third kappa shape index (κ3) is 5.20. The molecule has 1 amide bonds. The molecule has 4 saturated carbocycles. The van der Waals surface area contributed by atoms with E-state index in [9.17, 15) is 9.90 Å². The minimum absolute atomic E-state index is 0.0161. The molecule has 0 aliphatic heterocycles. The van der Waals surface area contributed by atoms with E-state index in [-0.39, 0.29) is 23.2 Å². The van der Waals surface area contributed by atoms with E-state index in [0.29, 0.717) is 5.56 Å². The lowest BCUT2D eigenvalue weighted by molar-refractivity contribution is 0.0107. The van der Waals surface area contributed by atoms with Crippen LogP contribution >= 0.6 is 0 Å². The third-order valence-corrected chi connectivity index (χ3v) is 8.23. The Morgan fingerprint density at radius 1 is 1.03 bits per heavy atom. The number of amides is 1. The minimum atomic E-state index is -0.0161. The van der Waals surface area contributed by atoms with E-state index in [0.717, 1.165) is 54.7 Å². The summed E-state index contributed by atoms with van der Waals surface area (Å²) in [5.74, 6) is 3.01. The minimum Gasteiger partial charge on any atom is -0.508 e. The molecule has 3 N–H and O–H groups in total. The average molecular weight is 447 g/mol. The van der Waals surface area contributed by atoms with Crippen LogP contribution in [0.25, 0.3) is 0 Å². The normalized spacial score (nSPS) is 28.5. The molecule has 4 bridgehead atoms. The van der Waals surface area contributed by atoms with Gasteiger partial charge in [0.25, 0.3) is 5.91 Å². The van der Waals surface area contributed by atoms with Crippen LogP contribution in [0.3, 0.4) is 0 Å². The molecule has 2 aromatic carbocycles. The smallest absolute Gasteiger partial charge is 0.251 e. The Hall–Kier alpha value is -2.49. The molecule has 4 aliphatic carbocycles. The molecule has 176 valence electrons. The highest BCUT2D eigenvalue weighted by Crippen LogP contribution is 2.56. The second-order valence-electron chi connectivity index (χ2n) is 11.1. The zero-order chi connectivity index (χ0) is 22.8. The summed E-state index contributed by atoms with van der Waals surface area (Å²) in [5, 5.41) is 16.9. The molecule has 0 unspecified atom stereocenters. The fourth-order valence-electron chi connectivity index (χ4n) is 7.19. The van der Waals surface area contributed by atoms with E-state index in [1.165, 1.54) is 38.5 Å². The van der Waals surface area contributed by atoms with Crippen molar-refractivity contribution in [2.45, 2.75) is 82.7 Å². The van der Waals surface area contributed by atoms with E-state index in [2.05, 4.69) is 29.7 Å². The molecule has 0 aromatic heterocycles. The van der Waals surface area contributed by atoms with Crippen molar-refractivity contribution in [2.24, 2.45) is 17.8 Å². The van der Waals surface area contributed by atoms with Gasteiger partial charge in [-0.2, -0.15) is 0 Å². The van der Waals surface area contributed by atoms with Crippen LogP contribution in [0.5, 0.6) is 5.75 Å². The Kier molecular flexibility index (Phi) is 6.36. The van der Waals surface area contributed by atoms with Gasteiger partial charge in [0.05, 0.1) is 0 Å². The monoisotopic (exact) mass is 446 g/mol. The Bertz CT molecular complexity index is 933. The average Bonchev–Trinajstić information content (AvgIpc) is 2.77. The van der Waals surface area contributed by atoms with Crippen LogP contribution < -0.4 is 10.6 Å². The molecule has 0 saturated heterocycles. The Morgan fingerprint density at radius 2 is 1.70 bits per heavy atom. The van der Waals surface area contributed by atoms with Crippen molar-refractivity contribution >= 4 is 11.6 Å². The van der Waals surface area contributed by atoms with Crippen molar-refractivity contribution < 1.29 is 9.90 Å². The topological polar surface area (TPSA) is 61.4 Å². The first kappa shape index (κ1) is 22.3. The molecule has 4 nitrogen and oxygen atoms in total. The molecule has 1 atom stereocenters. The number of rotatable bonds is 9. The quantitative estimate of drug-likeness (QED) is 0.423. The summed E-state index contributed by atoms with van der Waals surface area (Å²) in [6, 6.07) is 15.5. The number of aromatic hydroxyl groups is 1. The first-order valence-electron chi connectivity index (χ1n) is 13.0. The summed E-state index contributed by atoms with van der Waals surface area (Å²) in [6.07, 6.45) is 12.1. The SMILES string of the molecule is CCCC[C@@H](Cc1cccc(O)c1)NC(=O)c1ccc(NC23CC4CC(CC(C4)C2)C3)cc1. The number of phenolic OH excluding ortho intramolecular Hbond substituents is 1. The van der Waals surface area contributed by atoms with Crippen LogP contribution in [-0.2, 0) is 6.42 Å². The summed E-state index contributed by atoms with van der Waals surface area (Å²) in [7, 11) is 0. The first-order valence-corrected chi connectivity index (χ1v) is 13.0. The second-order valence-corrected chi connectivity index (χ2v) is 11.1. The highest BCUT2D eigenvalue weighted by atomic mass is 16.3. The van der Waals surface area contributed by atoms with E-state index in [1.807, 2.05) is 24.3 Å². The lowest BCUT2D eigenvalue weighted by atomic mass is 9.53. The predicted octanol–water partition coefficient (Wildman–Crippen LogP) is 6.30. The number of unbranched alkanes of at least 4 members (excludes halogenated alkanes) is 1. The van der Waals surface area contributed by atoms with Crippen molar-refractivity contribution in [3.05, 3.63) is 59.7 Å². The maximum atomic E-state index is 13.0. The number of carbonyl (C=O) groups excluding carboxylic acids is 1. The molecule has 4 heteroatoms.